The van der Waals surface area contributed by atoms with Gasteiger partial charge in [0, 0.05) is 32.8 Å². The molecular formula is C52H31N3O2. The van der Waals surface area contributed by atoms with Crippen molar-refractivity contribution in [2.24, 2.45) is 0 Å². The molecule has 5 heteroatoms. The molecule has 57 heavy (non-hydrogen) atoms. The first-order valence-corrected chi connectivity index (χ1v) is 19.1. The Morgan fingerprint density at radius 3 is 1.84 bits per heavy atom. The smallest absolute Gasteiger partial charge is 0.180 e. The molecule has 5 nitrogen and oxygen atoms in total. The fourth-order valence-corrected chi connectivity index (χ4v) is 8.74. The van der Waals surface area contributed by atoms with Gasteiger partial charge in [-0.05, 0) is 88.0 Å². The highest BCUT2D eigenvalue weighted by Gasteiger charge is 2.22. The Balaban J connectivity index is 1.00. The van der Waals surface area contributed by atoms with Crippen LogP contribution < -0.4 is 0 Å². The summed E-state index contributed by atoms with van der Waals surface area (Å²) in [4.78, 5) is 9.71. The van der Waals surface area contributed by atoms with E-state index in [2.05, 4.69) is 156 Å². The monoisotopic (exact) mass is 729 g/mol. The molecule has 0 bridgehead atoms. The highest BCUT2D eigenvalue weighted by molar-refractivity contribution is 6.18. The Hall–Kier alpha value is -7.76. The summed E-state index contributed by atoms with van der Waals surface area (Å²) in [6.45, 7) is 0. The fourth-order valence-electron chi connectivity index (χ4n) is 8.74. The Kier molecular flexibility index (Phi) is 6.86. The molecular weight excluding hydrogens is 699 g/mol. The number of hydrogen-bond acceptors (Lipinski definition) is 4. The highest BCUT2D eigenvalue weighted by Crippen LogP contribution is 2.43. The summed E-state index contributed by atoms with van der Waals surface area (Å²) in [6, 6.07) is 63.9. The van der Waals surface area contributed by atoms with E-state index >= 15 is 0 Å². The molecule has 0 aliphatic carbocycles. The lowest BCUT2D eigenvalue weighted by molar-refractivity contribution is 0.667. The third-order valence-corrected chi connectivity index (χ3v) is 11.4. The summed E-state index contributed by atoms with van der Waals surface area (Å²) in [7, 11) is 0. The minimum absolute atomic E-state index is 0.652. The molecule has 4 heterocycles. The first kappa shape index (κ1) is 31.6. The molecule has 266 valence electrons. The summed E-state index contributed by atoms with van der Waals surface area (Å²) in [5.74, 6) is 0. The largest absolute Gasteiger partial charge is 0.456 e. The van der Waals surface area contributed by atoms with Gasteiger partial charge >= 0.3 is 0 Å². The minimum Gasteiger partial charge on any atom is -0.456 e. The average molecular weight is 730 g/mol. The minimum atomic E-state index is 0.652. The van der Waals surface area contributed by atoms with E-state index in [0.717, 1.165) is 77.6 Å². The van der Waals surface area contributed by atoms with Gasteiger partial charge in [-0.2, -0.15) is 0 Å². The molecule has 4 aromatic heterocycles. The maximum atomic E-state index is 6.68. The van der Waals surface area contributed by atoms with E-state index < -0.39 is 0 Å². The number of para-hydroxylation sites is 2. The second-order valence-electron chi connectivity index (χ2n) is 14.5. The number of hydrogen-bond donors (Lipinski definition) is 0. The first-order chi connectivity index (χ1) is 28.3. The lowest BCUT2D eigenvalue weighted by atomic mass is 9.97. The van der Waals surface area contributed by atoms with Crippen molar-refractivity contribution in [2.75, 3.05) is 0 Å². The van der Waals surface area contributed by atoms with Crippen LogP contribution in [0.25, 0.3) is 116 Å². The van der Waals surface area contributed by atoms with Crippen LogP contribution in [0.5, 0.6) is 0 Å². The zero-order chi connectivity index (χ0) is 37.5. The van der Waals surface area contributed by atoms with Gasteiger partial charge in [-0.3, -0.25) is 0 Å². The second-order valence-corrected chi connectivity index (χ2v) is 14.5. The molecule has 0 saturated heterocycles. The molecule has 0 radical (unpaired) electrons. The van der Waals surface area contributed by atoms with E-state index in [-0.39, 0.29) is 0 Å². The van der Waals surface area contributed by atoms with Crippen molar-refractivity contribution in [1.82, 2.24) is 14.5 Å². The van der Waals surface area contributed by atoms with Crippen molar-refractivity contribution >= 4 is 65.8 Å². The lowest BCUT2D eigenvalue weighted by Crippen LogP contribution is -1.92. The molecule has 0 atom stereocenters. The molecule has 12 aromatic rings. The topological polar surface area (TPSA) is 57.0 Å². The Bertz CT molecular complexity index is 3500. The number of nitrogens with zero attached hydrogens (tertiary/aromatic N) is 3. The van der Waals surface area contributed by atoms with Gasteiger partial charge in [-0.1, -0.05) is 127 Å². The predicted molar refractivity (Wildman–Crippen MR) is 233 cm³/mol. The van der Waals surface area contributed by atoms with E-state index in [1.807, 2.05) is 30.3 Å². The van der Waals surface area contributed by atoms with Crippen LogP contribution in [-0.4, -0.2) is 14.5 Å². The van der Waals surface area contributed by atoms with Gasteiger partial charge in [0.25, 0.3) is 0 Å². The molecule has 0 N–H and O–H groups in total. The Morgan fingerprint density at radius 2 is 1.02 bits per heavy atom. The molecule has 8 aromatic carbocycles. The third-order valence-electron chi connectivity index (χ3n) is 11.4. The van der Waals surface area contributed by atoms with E-state index in [0.29, 0.717) is 5.58 Å². The lowest BCUT2D eigenvalue weighted by Gasteiger charge is -2.08. The van der Waals surface area contributed by atoms with E-state index in [4.69, 9.17) is 18.8 Å². The number of benzene rings is 8. The predicted octanol–water partition coefficient (Wildman–Crippen LogP) is 14.0. The Labute approximate surface area is 326 Å². The van der Waals surface area contributed by atoms with Gasteiger partial charge in [0.15, 0.2) is 5.58 Å². The van der Waals surface area contributed by atoms with Crippen LogP contribution in [0.4, 0.5) is 0 Å². The zero-order valence-electron chi connectivity index (χ0n) is 30.6. The average Bonchev–Trinajstić information content (AvgIpc) is 3.96. The van der Waals surface area contributed by atoms with Crippen LogP contribution in [0, 0.1) is 0 Å². The summed E-state index contributed by atoms with van der Waals surface area (Å²) < 4.78 is 15.5. The molecule has 0 unspecified atom stereocenters. The number of rotatable bonds is 5. The molecule has 0 saturated carbocycles. The number of fused-ring (bicyclic) bond motifs is 9. The molecule has 0 fully saturated rings. The standard InChI is InChI=1S/C52H31N3O2/c1-3-11-32(12-4-1)33-21-23-34(24-22-33)38-16-9-20-47-49(38)51-52(57-47)50(53-31-54-51)40-17-10-19-46-48(40)42-30-36(26-28-45(42)56-46)35-25-27-44-41(29-35)39-15-7-8-18-43(39)55(44)37-13-5-2-6-14-37/h1-31H. The molecule has 0 aliphatic rings. The van der Waals surface area contributed by atoms with Crippen molar-refractivity contribution in [1.29, 1.82) is 0 Å². The van der Waals surface area contributed by atoms with Gasteiger partial charge in [-0.15, -0.1) is 0 Å². The summed E-state index contributed by atoms with van der Waals surface area (Å²) in [5, 5.41) is 5.42. The van der Waals surface area contributed by atoms with E-state index in [1.165, 1.54) is 32.9 Å². The number of aromatic nitrogens is 3. The molecule has 0 amide bonds. The van der Waals surface area contributed by atoms with Crippen molar-refractivity contribution in [3.8, 4) is 50.3 Å². The van der Waals surface area contributed by atoms with Gasteiger partial charge in [0.05, 0.1) is 16.4 Å². The zero-order valence-corrected chi connectivity index (χ0v) is 30.6. The third kappa shape index (κ3) is 4.89. The Morgan fingerprint density at radius 1 is 0.386 bits per heavy atom. The van der Waals surface area contributed by atoms with Gasteiger partial charge in [0.2, 0.25) is 0 Å². The van der Waals surface area contributed by atoms with E-state index in [1.54, 1.807) is 6.33 Å². The van der Waals surface area contributed by atoms with Crippen molar-refractivity contribution < 1.29 is 8.83 Å². The molecule has 0 aliphatic heterocycles. The van der Waals surface area contributed by atoms with E-state index in [9.17, 15) is 0 Å². The van der Waals surface area contributed by atoms with Gasteiger partial charge in [-0.25, -0.2) is 9.97 Å². The normalized spacial score (nSPS) is 11.9. The van der Waals surface area contributed by atoms with Crippen molar-refractivity contribution in [3.63, 3.8) is 0 Å². The van der Waals surface area contributed by atoms with Crippen molar-refractivity contribution in [2.45, 2.75) is 0 Å². The number of furan rings is 2. The first-order valence-electron chi connectivity index (χ1n) is 19.1. The van der Waals surface area contributed by atoms with Crippen LogP contribution in [0.3, 0.4) is 0 Å². The van der Waals surface area contributed by atoms with Crippen LogP contribution in [-0.2, 0) is 0 Å². The SMILES string of the molecule is c1ccc(-c2ccc(-c3cccc4oc5c(-c6cccc7oc8ccc(-c9ccc%10c(c9)c9ccccc9n%10-c9ccccc9)cc8c67)ncnc5c34)cc2)cc1. The van der Waals surface area contributed by atoms with Gasteiger partial charge in [0.1, 0.15) is 34.3 Å². The maximum Gasteiger partial charge on any atom is 0.180 e. The quantitative estimate of drug-likeness (QED) is 0.177. The van der Waals surface area contributed by atoms with Crippen LogP contribution in [0.15, 0.2) is 197 Å². The van der Waals surface area contributed by atoms with Crippen LogP contribution in [0.1, 0.15) is 0 Å². The van der Waals surface area contributed by atoms with Crippen molar-refractivity contribution in [3.05, 3.63) is 188 Å². The summed E-state index contributed by atoms with van der Waals surface area (Å²) in [5.41, 5.74) is 15.8. The second kappa shape index (κ2) is 12.4. The summed E-state index contributed by atoms with van der Waals surface area (Å²) >= 11 is 0. The highest BCUT2D eigenvalue weighted by atomic mass is 16.3. The summed E-state index contributed by atoms with van der Waals surface area (Å²) in [6.07, 6.45) is 1.65. The molecule has 12 rings (SSSR count). The van der Waals surface area contributed by atoms with Crippen LogP contribution in [0.2, 0.25) is 0 Å². The van der Waals surface area contributed by atoms with Gasteiger partial charge < -0.3 is 13.4 Å². The van der Waals surface area contributed by atoms with Crippen LogP contribution >= 0.6 is 0 Å². The maximum absolute atomic E-state index is 6.68. The fraction of sp³-hybridized carbons (Fsp3) is 0. The molecule has 0 spiro atoms.